The third kappa shape index (κ3) is 2.41. The Labute approximate surface area is 72.3 Å². The first kappa shape index (κ1) is 9.91. The van der Waals surface area contributed by atoms with E-state index in [1.165, 1.54) is 0 Å². The molecule has 0 spiro atoms. The van der Waals surface area contributed by atoms with Gasteiger partial charge in [0.15, 0.2) is 0 Å². The van der Waals surface area contributed by atoms with Crippen LogP contribution in [-0.2, 0) is 14.8 Å². The molecule has 0 aromatic rings. The topological polar surface area (TPSA) is 81.4 Å². The average molecular weight is 194 g/mol. The summed E-state index contributed by atoms with van der Waals surface area (Å²) in [5, 5.41) is 7.46. The summed E-state index contributed by atoms with van der Waals surface area (Å²) >= 11 is 0. The highest BCUT2D eigenvalue weighted by Crippen LogP contribution is 2.11. The molecule has 0 amide bonds. The molecular formula is C6H14N2O3S. The summed E-state index contributed by atoms with van der Waals surface area (Å²) in [6.45, 7) is 1.13. The van der Waals surface area contributed by atoms with E-state index in [1.54, 1.807) is 7.11 Å². The first-order valence-corrected chi connectivity index (χ1v) is 5.40. The third-order valence-corrected chi connectivity index (χ3v) is 3.36. The van der Waals surface area contributed by atoms with Crippen molar-refractivity contribution in [2.75, 3.05) is 20.2 Å². The van der Waals surface area contributed by atoms with Gasteiger partial charge < -0.3 is 10.1 Å². The van der Waals surface area contributed by atoms with Crippen molar-refractivity contribution in [2.45, 2.75) is 17.8 Å². The van der Waals surface area contributed by atoms with Gasteiger partial charge in [-0.1, -0.05) is 0 Å². The van der Waals surface area contributed by atoms with Crippen LogP contribution in [0.2, 0.25) is 0 Å². The molecule has 6 heteroatoms. The molecular weight excluding hydrogens is 180 g/mol. The van der Waals surface area contributed by atoms with E-state index in [-0.39, 0.29) is 6.10 Å². The van der Waals surface area contributed by atoms with Crippen molar-refractivity contribution in [3.8, 4) is 0 Å². The van der Waals surface area contributed by atoms with Gasteiger partial charge in [-0.15, -0.1) is 0 Å². The molecule has 1 aliphatic rings. The molecule has 0 aliphatic carbocycles. The molecule has 0 aromatic carbocycles. The van der Waals surface area contributed by atoms with Gasteiger partial charge in [0, 0.05) is 20.2 Å². The monoisotopic (exact) mass is 194 g/mol. The fraction of sp³-hybridized carbons (Fsp3) is 1.00. The smallest absolute Gasteiger partial charge is 0.213 e. The highest BCUT2D eigenvalue weighted by Gasteiger charge is 2.28. The highest BCUT2D eigenvalue weighted by molar-refractivity contribution is 7.89. The fourth-order valence-electron chi connectivity index (χ4n) is 1.30. The number of piperidine rings is 1. The summed E-state index contributed by atoms with van der Waals surface area (Å²) in [4.78, 5) is 0. The van der Waals surface area contributed by atoms with Crippen molar-refractivity contribution in [3.63, 3.8) is 0 Å². The van der Waals surface area contributed by atoms with Crippen molar-refractivity contribution in [1.82, 2.24) is 5.32 Å². The molecule has 1 heterocycles. The first-order chi connectivity index (χ1) is 5.54. The van der Waals surface area contributed by atoms with Gasteiger partial charge in [-0.3, -0.25) is 0 Å². The van der Waals surface area contributed by atoms with E-state index in [2.05, 4.69) is 5.32 Å². The van der Waals surface area contributed by atoms with Crippen LogP contribution in [0.3, 0.4) is 0 Å². The lowest BCUT2D eigenvalue weighted by molar-refractivity contribution is 0.0820. The van der Waals surface area contributed by atoms with E-state index in [1.807, 2.05) is 0 Å². The lowest BCUT2D eigenvalue weighted by Gasteiger charge is -2.27. The molecule has 72 valence electrons. The second-order valence-electron chi connectivity index (χ2n) is 2.96. The van der Waals surface area contributed by atoms with Crippen LogP contribution in [0.25, 0.3) is 0 Å². The van der Waals surface area contributed by atoms with Gasteiger partial charge in [-0.2, -0.15) is 0 Å². The molecule has 5 nitrogen and oxygen atoms in total. The molecule has 0 unspecified atom stereocenters. The molecule has 3 N–H and O–H groups in total. The number of hydrogen-bond acceptors (Lipinski definition) is 4. The predicted octanol–water partition coefficient (Wildman–Crippen LogP) is -1.35. The van der Waals surface area contributed by atoms with Crippen molar-refractivity contribution < 1.29 is 13.2 Å². The minimum absolute atomic E-state index is 0.0397. The average Bonchev–Trinajstić information content (AvgIpc) is 2.03. The first-order valence-electron chi connectivity index (χ1n) is 3.79. The lowest BCUT2D eigenvalue weighted by atomic mass is 10.1. The van der Waals surface area contributed by atoms with Gasteiger partial charge in [0.25, 0.3) is 0 Å². The molecule has 0 saturated carbocycles. The van der Waals surface area contributed by atoms with Crippen molar-refractivity contribution in [1.29, 1.82) is 0 Å². The van der Waals surface area contributed by atoms with Crippen LogP contribution >= 0.6 is 0 Å². The van der Waals surface area contributed by atoms with Crippen molar-refractivity contribution >= 4 is 10.0 Å². The molecule has 1 saturated heterocycles. The number of primary sulfonamides is 1. The molecule has 12 heavy (non-hydrogen) atoms. The number of ether oxygens (including phenoxy) is 1. The van der Waals surface area contributed by atoms with E-state index in [4.69, 9.17) is 9.88 Å². The molecule has 0 bridgehead atoms. The van der Waals surface area contributed by atoms with Crippen LogP contribution in [0.5, 0.6) is 0 Å². The molecule has 1 rings (SSSR count). The second-order valence-corrected chi connectivity index (χ2v) is 4.81. The number of nitrogens with two attached hydrogens (primary N) is 1. The minimum Gasteiger partial charge on any atom is -0.380 e. The molecule has 2 atom stereocenters. The van der Waals surface area contributed by atoms with Crippen LogP contribution in [0.4, 0.5) is 0 Å². The summed E-state index contributed by atoms with van der Waals surface area (Å²) in [6, 6.07) is 0. The Morgan fingerprint density at radius 3 is 2.67 bits per heavy atom. The summed E-state index contributed by atoms with van der Waals surface area (Å²) in [7, 11) is -1.84. The standard InChI is InChI=1S/C6H14N2O3S/c1-11-5-2-6(4-8-3-5)12(7,9)10/h5-6,8H,2-4H2,1H3,(H2,7,9,10)/t5-,6-/m1/s1. The second kappa shape index (κ2) is 3.69. The number of sulfonamides is 1. The summed E-state index contributed by atoms with van der Waals surface area (Å²) in [6.07, 6.45) is 0.449. The zero-order valence-corrected chi connectivity index (χ0v) is 7.80. The van der Waals surface area contributed by atoms with E-state index in [9.17, 15) is 8.42 Å². The van der Waals surface area contributed by atoms with Gasteiger partial charge >= 0.3 is 0 Å². The number of rotatable bonds is 2. The Kier molecular flexibility index (Phi) is 3.05. The number of methoxy groups -OCH3 is 1. The zero-order chi connectivity index (χ0) is 9.19. The maximum absolute atomic E-state index is 10.9. The zero-order valence-electron chi connectivity index (χ0n) is 6.99. The van der Waals surface area contributed by atoms with Gasteiger partial charge in [-0.05, 0) is 6.42 Å². The van der Waals surface area contributed by atoms with Crippen molar-refractivity contribution in [2.24, 2.45) is 5.14 Å². The van der Waals surface area contributed by atoms with Gasteiger partial charge in [0.05, 0.1) is 11.4 Å². The van der Waals surface area contributed by atoms with E-state index in [0.29, 0.717) is 19.5 Å². The summed E-state index contributed by atoms with van der Waals surface area (Å²) in [5.74, 6) is 0. The summed E-state index contributed by atoms with van der Waals surface area (Å²) < 4.78 is 26.9. The minimum atomic E-state index is -3.41. The summed E-state index contributed by atoms with van der Waals surface area (Å²) in [5.41, 5.74) is 0. The number of nitrogens with one attached hydrogen (secondary N) is 1. The van der Waals surface area contributed by atoms with Gasteiger partial charge in [0.2, 0.25) is 10.0 Å². The lowest BCUT2D eigenvalue weighted by Crippen LogP contribution is -2.48. The van der Waals surface area contributed by atoms with Crippen LogP contribution in [-0.4, -0.2) is 40.0 Å². The maximum atomic E-state index is 10.9. The highest BCUT2D eigenvalue weighted by atomic mass is 32.2. The van der Waals surface area contributed by atoms with Crippen LogP contribution in [0.1, 0.15) is 6.42 Å². The largest absolute Gasteiger partial charge is 0.380 e. The van der Waals surface area contributed by atoms with E-state index < -0.39 is 15.3 Å². The van der Waals surface area contributed by atoms with Gasteiger partial charge in [-0.25, -0.2) is 13.6 Å². The quantitative estimate of drug-likeness (QED) is 0.569. The van der Waals surface area contributed by atoms with E-state index >= 15 is 0 Å². The predicted molar refractivity (Wildman–Crippen MR) is 45.2 cm³/mol. The van der Waals surface area contributed by atoms with Crippen LogP contribution in [0.15, 0.2) is 0 Å². The molecule has 1 fully saturated rings. The molecule has 1 aliphatic heterocycles. The van der Waals surface area contributed by atoms with E-state index in [0.717, 1.165) is 0 Å². The fourth-order valence-corrected chi connectivity index (χ4v) is 2.13. The van der Waals surface area contributed by atoms with Crippen molar-refractivity contribution in [3.05, 3.63) is 0 Å². The Hall–Kier alpha value is -0.170. The molecule has 0 radical (unpaired) electrons. The third-order valence-electron chi connectivity index (χ3n) is 2.07. The normalized spacial score (nSPS) is 31.8. The Morgan fingerprint density at radius 1 is 1.50 bits per heavy atom. The molecule has 0 aromatic heterocycles. The SMILES string of the molecule is CO[C@H]1CNC[C@H](S(N)(=O)=O)C1. The maximum Gasteiger partial charge on any atom is 0.213 e. The Bertz CT molecular complexity index is 239. The Morgan fingerprint density at radius 2 is 2.17 bits per heavy atom. The van der Waals surface area contributed by atoms with Crippen LogP contribution < -0.4 is 10.5 Å². The van der Waals surface area contributed by atoms with Gasteiger partial charge in [0.1, 0.15) is 0 Å². The Balaban J connectivity index is 2.58. The van der Waals surface area contributed by atoms with Crippen LogP contribution in [0, 0.1) is 0 Å². The number of hydrogen-bond donors (Lipinski definition) is 2.